The maximum atomic E-state index is 13.0. The predicted molar refractivity (Wildman–Crippen MR) is 129 cm³/mol. The lowest BCUT2D eigenvalue weighted by Gasteiger charge is -2.14. The third kappa shape index (κ3) is 6.64. The van der Waals surface area contributed by atoms with E-state index in [1.165, 1.54) is 24.3 Å². The van der Waals surface area contributed by atoms with Crippen molar-refractivity contribution >= 4 is 23.4 Å². The number of hydrogen-bond acceptors (Lipinski definition) is 6. The first kappa shape index (κ1) is 26.7. The number of rotatable bonds is 8. The quantitative estimate of drug-likeness (QED) is 0.157. The topological polar surface area (TPSA) is 114 Å². The Labute approximate surface area is 209 Å². The Morgan fingerprint density at radius 3 is 2.43 bits per heavy atom. The zero-order chi connectivity index (χ0) is 27.2. The minimum atomic E-state index is -4.77. The average Bonchev–Trinajstić information content (AvgIpc) is 2.84. The molecule has 0 aliphatic rings. The molecule has 8 nitrogen and oxygen atoms in total. The number of hydrogen-bond donors (Lipinski definition) is 1. The summed E-state index contributed by atoms with van der Waals surface area (Å²) < 4.78 is 50.0. The summed E-state index contributed by atoms with van der Waals surface area (Å²) in [6.45, 7) is 3.64. The lowest BCUT2D eigenvalue weighted by molar-refractivity contribution is -0.385. The van der Waals surface area contributed by atoms with Gasteiger partial charge in [0.2, 0.25) is 5.75 Å². The Morgan fingerprint density at radius 2 is 1.81 bits per heavy atom. The second-order valence-corrected chi connectivity index (χ2v) is 7.62. The van der Waals surface area contributed by atoms with Crippen LogP contribution in [0, 0.1) is 28.4 Å². The third-order valence-corrected chi connectivity index (χ3v) is 5.04. The van der Waals surface area contributed by atoms with Crippen molar-refractivity contribution in [2.24, 2.45) is 0 Å². The van der Waals surface area contributed by atoms with Crippen LogP contribution in [0.3, 0.4) is 0 Å². The number of anilines is 1. The van der Waals surface area contributed by atoms with E-state index in [1.807, 2.05) is 12.1 Å². The molecular formula is C26H20F3N3O5. The molecule has 0 atom stereocenters. The number of benzene rings is 3. The highest BCUT2D eigenvalue weighted by Crippen LogP contribution is 2.40. The van der Waals surface area contributed by atoms with E-state index in [2.05, 4.69) is 5.32 Å². The van der Waals surface area contributed by atoms with Crippen LogP contribution < -0.4 is 14.8 Å². The van der Waals surface area contributed by atoms with Crippen LogP contribution in [-0.2, 0) is 11.0 Å². The summed E-state index contributed by atoms with van der Waals surface area (Å²) in [5.41, 5.74) is -0.519. The summed E-state index contributed by atoms with van der Waals surface area (Å²) in [5, 5.41) is 23.6. The van der Waals surface area contributed by atoms with Gasteiger partial charge in [-0.15, -0.1) is 0 Å². The molecule has 0 fully saturated rings. The van der Waals surface area contributed by atoms with Crippen LogP contribution in [0.4, 0.5) is 24.5 Å². The van der Waals surface area contributed by atoms with Crippen molar-refractivity contribution < 1.29 is 32.4 Å². The predicted octanol–water partition coefficient (Wildman–Crippen LogP) is 6.66. The number of nitrogens with one attached hydrogen (secondary N) is 1. The highest BCUT2D eigenvalue weighted by Gasteiger charge is 2.33. The Kier molecular flexibility index (Phi) is 8.14. The van der Waals surface area contributed by atoms with Gasteiger partial charge in [0.25, 0.3) is 5.91 Å². The molecular weight excluding hydrogens is 491 g/mol. The highest BCUT2D eigenvalue weighted by molar-refractivity contribution is 6.10. The fourth-order valence-corrected chi connectivity index (χ4v) is 3.23. The second kappa shape index (κ2) is 11.3. The number of carbonyl (C=O) groups excluding carboxylic acids is 1. The normalized spacial score (nSPS) is 11.4. The van der Waals surface area contributed by atoms with Gasteiger partial charge in [0, 0.05) is 11.8 Å². The summed E-state index contributed by atoms with van der Waals surface area (Å²) in [5.74, 6) is -0.959. The molecule has 0 aromatic heterocycles. The van der Waals surface area contributed by atoms with Gasteiger partial charge in [-0.2, -0.15) is 18.4 Å². The van der Waals surface area contributed by atoms with E-state index in [0.717, 1.165) is 11.6 Å². The molecule has 1 N–H and O–H groups in total. The first-order valence-corrected chi connectivity index (χ1v) is 10.8. The molecule has 0 heterocycles. The Balaban J connectivity index is 1.93. The zero-order valence-electron chi connectivity index (χ0n) is 19.6. The molecule has 190 valence electrons. The van der Waals surface area contributed by atoms with Crippen molar-refractivity contribution in [3.8, 4) is 23.3 Å². The number of nitro groups is 1. The standard InChI is InChI=1S/C26H20F3N3O5/c1-3-36-24-13-17(12-18(15-30)25(33)31-20-7-5-4-6-16(20)2)8-10-23(24)37-22-11-9-19(26(27,28)29)14-21(22)32(34)35/h4-14H,3H2,1-2H3,(H,31,33)/b18-12+. The molecule has 3 aromatic carbocycles. The molecule has 0 radical (unpaired) electrons. The number of aryl methyl sites for hydroxylation is 1. The van der Waals surface area contributed by atoms with Gasteiger partial charge < -0.3 is 14.8 Å². The largest absolute Gasteiger partial charge is 0.490 e. The number of alkyl halides is 3. The number of halogens is 3. The molecule has 3 aromatic rings. The van der Waals surface area contributed by atoms with Gasteiger partial charge in [-0.05, 0) is 61.4 Å². The number of carbonyl (C=O) groups is 1. The molecule has 0 saturated carbocycles. The van der Waals surface area contributed by atoms with Gasteiger partial charge >= 0.3 is 11.9 Å². The van der Waals surface area contributed by atoms with Gasteiger partial charge in [-0.1, -0.05) is 24.3 Å². The van der Waals surface area contributed by atoms with Crippen LogP contribution in [0.2, 0.25) is 0 Å². The summed E-state index contributed by atoms with van der Waals surface area (Å²) in [6, 6.07) is 15.1. The minimum Gasteiger partial charge on any atom is -0.490 e. The first-order valence-electron chi connectivity index (χ1n) is 10.8. The van der Waals surface area contributed by atoms with E-state index < -0.39 is 34.0 Å². The number of para-hydroxylation sites is 1. The monoisotopic (exact) mass is 511 g/mol. The van der Waals surface area contributed by atoms with Crippen molar-refractivity contribution in [2.45, 2.75) is 20.0 Å². The van der Waals surface area contributed by atoms with Crippen LogP contribution in [0.25, 0.3) is 6.08 Å². The number of nitriles is 1. The maximum absolute atomic E-state index is 13.0. The summed E-state index contributed by atoms with van der Waals surface area (Å²) in [6.07, 6.45) is -3.45. The average molecular weight is 511 g/mol. The molecule has 0 unspecified atom stereocenters. The molecule has 3 rings (SSSR count). The smallest absolute Gasteiger partial charge is 0.416 e. The van der Waals surface area contributed by atoms with Gasteiger partial charge in [0.15, 0.2) is 11.5 Å². The fourth-order valence-electron chi connectivity index (χ4n) is 3.23. The number of ether oxygens (including phenoxy) is 2. The van der Waals surface area contributed by atoms with Crippen LogP contribution in [0.5, 0.6) is 17.2 Å². The highest BCUT2D eigenvalue weighted by atomic mass is 19.4. The van der Waals surface area contributed by atoms with E-state index in [4.69, 9.17) is 9.47 Å². The molecule has 0 spiro atoms. The third-order valence-electron chi connectivity index (χ3n) is 5.04. The number of nitrogens with zero attached hydrogens (tertiary/aromatic N) is 2. The summed E-state index contributed by atoms with van der Waals surface area (Å²) in [4.78, 5) is 23.0. The molecule has 1 amide bonds. The molecule has 11 heteroatoms. The summed E-state index contributed by atoms with van der Waals surface area (Å²) in [7, 11) is 0. The number of nitro benzene ring substituents is 1. The SMILES string of the molecule is CCOc1cc(/C=C(\C#N)C(=O)Nc2ccccc2C)ccc1Oc1ccc(C(F)(F)F)cc1[N+](=O)[O-]. The molecule has 37 heavy (non-hydrogen) atoms. The molecule has 0 aliphatic carbocycles. The maximum Gasteiger partial charge on any atom is 0.416 e. The van der Waals surface area contributed by atoms with Gasteiger partial charge in [0.1, 0.15) is 11.6 Å². The fraction of sp³-hybridized carbons (Fsp3) is 0.154. The van der Waals surface area contributed by atoms with Crippen LogP contribution >= 0.6 is 0 Å². The Morgan fingerprint density at radius 1 is 1.11 bits per heavy atom. The van der Waals surface area contributed by atoms with Crippen molar-refractivity contribution in [1.82, 2.24) is 0 Å². The van der Waals surface area contributed by atoms with Crippen molar-refractivity contribution in [1.29, 1.82) is 5.26 Å². The Hall–Kier alpha value is -4.85. The van der Waals surface area contributed by atoms with Crippen LogP contribution in [-0.4, -0.2) is 17.4 Å². The second-order valence-electron chi connectivity index (χ2n) is 7.62. The van der Waals surface area contributed by atoms with Crippen molar-refractivity contribution in [3.63, 3.8) is 0 Å². The van der Waals surface area contributed by atoms with Gasteiger partial charge in [-0.3, -0.25) is 14.9 Å². The lowest BCUT2D eigenvalue weighted by atomic mass is 10.1. The van der Waals surface area contributed by atoms with Crippen LogP contribution in [0.1, 0.15) is 23.6 Å². The molecule has 0 aliphatic heterocycles. The van der Waals surface area contributed by atoms with Gasteiger partial charge in [0.05, 0.1) is 17.1 Å². The zero-order valence-corrected chi connectivity index (χ0v) is 19.6. The minimum absolute atomic E-state index is 0.00951. The van der Waals surface area contributed by atoms with E-state index >= 15 is 0 Å². The Bertz CT molecular complexity index is 1410. The van der Waals surface area contributed by atoms with E-state index in [-0.39, 0.29) is 23.7 Å². The lowest BCUT2D eigenvalue weighted by Crippen LogP contribution is -2.14. The van der Waals surface area contributed by atoms with Crippen LogP contribution in [0.15, 0.2) is 66.2 Å². The summed E-state index contributed by atoms with van der Waals surface area (Å²) >= 11 is 0. The van der Waals surface area contributed by atoms with E-state index in [1.54, 1.807) is 32.0 Å². The molecule has 0 saturated heterocycles. The first-order chi connectivity index (χ1) is 17.5. The van der Waals surface area contributed by atoms with Gasteiger partial charge in [-0.25, -0.2) is 0 Å². The number of amides is 1. The van der Waals surface area contributed by atoms with Crippen molar-refractivity contribution in [2.75, 3.05) is 11.9 Å². The molecule has 0 bridgehead atoms. The van der Waals surface area contributed by atoms with Crippen molar-refractivity contribution in [3.05, 3.63) is 93.0 Å². The van der Waals surface area contributed by atoms with E-state index in [9.17, 15) is 33.3 Å². The van der Waals surface area contributed by atoms with E-state index in [0.29, 0.717) is 23.4 Å².